The second-order valence-electron chi connectivity index (χ2n) is 4.03. The topological polar surface area (TPSA) is 30.2 Å². The molecule has 1 aliphatic rings. The average molecular weight is 199 g/mol. The molecule has 0 saturated heterocycles. The molecule has 1 aromatic heterocycles. The van der Waals surface area contributed by atoms with Gasteiger partial charge in [0.25, 0.3) is 0 Å². The molecule has 76 valence electrons. The van der Waals surface area contributed by atoms with Crippen LogP contribution in [0.1, 0.15) is 18.7 Å². The first-order valence-corrected chi connectivity index (χ1v) is 5.29. The van der Waals surface area contributed by atoms with Crippen molar-refractivity contribution in [3.8, 4) is 0 Å². The molecule has 3 heteroatoms. The molecule has 0 atom stereocenters. The van der Waals surface area contributed by atoms with Gasteiger partial charge in [0.2, 0.25) is 0 Å². The second kappa shape index (κ2) is 3.19. The molecule has 15 heavy (non-hydrogen) atoms. The van der Waals surface area contributed by atoms with E-state index in [0.717, 1.165) is 16.9 Å². The number of aryl methyl sites for hydroxylation is 1. The van der Waals surface area contributed by atoms with Crippen molar-refractivity contribution in [2.75, 3.05) is 0 Å². The Bertz CT molecular complexity index is 521. The molecular formula is C12H13N3. The van der Waals surface area contributed by atoms with Crippen molar-refractivity contribution in [3.05, 3.63) is 30.1 Å². The van der Waals surface area contributed by atoms with Gasteiger partial charge in [-0.25, -0.2) is 4.98 Å². The summed E-state index contributed by atoms with van der Waals surface area (Å²) < 4.78 is 2.08. The summed E-state index contributed by atoms with van der Waals surface area (Å²) in [6.07, 6.45) is 4.37. The highest BCUT2D eigenvalue weighted by Gasteiger charge is 2.19. The number of rotatable bonds is 2. The highest BCUT2D eigenvalue weighted by molar-refractivity contribution is 5.85. The SMILES string of the molecule is Cn1c(/C=N/C2CC2)nc2ccccc21. The van der Waals surface area contributed by atoms with Gasteiger partial charge in [0, 0.05) is 7.05 Å². The summed E-state index contributed by atoms with van der Waals surface area (Å²) >= 11 is 0. The van der Waals surface area contributed by atoms with E-state index in [9.17, 15) is 0 Å². The zero-order valence-electron chi connectivity index (χ0n) is 8.72. The number of imidazole rings is 1. The third-order valence-corrected chi connectivity index (χ3v) is 2.77. The van der Waals surface area contributed by atoms with E-state index in [4.69, 9.17) is 0 Å². The lowest BCUT2D eigenvalue weighted by molar-refractivity contribution is 0.929. The Labute approximate surface area is 88.5 Å². The average Bonchev–Trinajstić information content (AvgIpc) is 3.03. The maximum absolute atomic E-state index is 4.53. The third kappa shape index (κ3) is 1.54. The molecule has 0 unspecified atom stereocenters. The lowest BCUT2D eigenvalue weighted by atomic mass is 10.3. The summed E-state index contributed by atoms with van der Waals surface area (Å²) in [5.41, 5.74) is 2.20. The molecule has 1 heterocycles. The lowest BCUT2D eigenvalue weighted by Crippen LogP contribution is -1.96. The first kappa shape index (κ1) is 8.65. The Morgan fingerprint density at radius 2 is 2.20 bits per heavy atom. The monoisotopic (exact) mass is 199 g/mol. The van der Waals surface area contributed by atoms with Gasteiger partial charge in [-0.1, -0.05) is 12.1 Å². The Kier molecular flexibility index (Phi) is 1.84. The minimum Gasteiger partial charge on any atom is -0.326 e. The van der Waals surface area contributed by atoms with Crippen molar-refractivity contribution in [2.45, 2.75) is 18.9 Å². The maximum Gasteiger partial charge on any atom is 0.151 e. The molecule has 1 saturated carbocycles. The Morgan fingerprint density at radius 3 is 2.93 bits per heavy atom. The number of hydrogen-bond donors (Lipinski definition) is 0. The minimum atomic E-state index is 0.560. The highest BCUT2D eigenvalue weighted by Crippen LogP contribution is 2.23. The number of fused-ring (bicyclic) bond motifs is 1. The van der Waals surface area contributed by atoms with Crippen molar-refractivity contribution in [3.63, 3.8) is 0 Å². The zero-order chi connectivity index (χ0) is 10.3. The van der Waals surface area contributed by atoms with Gasteiger partial charge < -0.3 is 4.57 Å². The van der Waals surface area contributed by atoms with Crippen molar-refractivity contribution in [1.29, 1.82) is 0 Å². The standard InChI is InChI=1S/C12H13N3/c1-15-11-5-3-2-4-10(11)14-12(15)8-13-9-6-7-9/h2-5,8-9H,6-7H2,1H3/b13-8+. The number of aliphatic imine (C=N–C) groups is 1. The zero-order valence-corrected chi connectivity index (χ0v) is 8.72. The van der Waals surface area contributed by atoms with Crippen LogP contribution < -0.4 is 0 Å². The fourth-order valence-corrected chi connectivity index (χ4v) is 1.68. The fraction of sp³-hybridized carbons (Fsp3) is 0.333. The van der Waals surface area contributed by atoms with Crippen LogP contribution >= 0.6 is 0 Å². The molecule has 3 rings (SSSR count). The first-order chi connectivity index (χ1) is 7.34. The molecule has 1 aromatic carbocycles. The molecule has 1 aliphatic carbocycles. The van der Waals surface area contributed by atoms with E-state index >= 15 is 0 Å². The van der Waals surface area contributed by atoms with Crippen molar-refractivity contribution < 1.29 is 0 Å². The fourth-order valence-electron chi connectivity index (χ4n) is 1.68. The van der Waals surface area contributed by atoms with Crippen LogP contribution in [-0.2, 0) is 7.05 Å². The molecular weight excluding hydrogens is 186 g/mol. The van der Waals surface area contributed by atoms with Crippen molar-refractivity contribution >= 4 is 17.2 Å². The van der Waals surface area contributed by atoms with E-state index in [0.29, 0.717) is 6.04 Å². The van der Waals surface area contributed by atoms with Crippen LogP contribution in [0, 0.1) is 0 Å². The van der Waals surface area contributed by atoms with E-state index in [-0.39, 0.29) is 0 Å². The molecule has 0 spiro atoms. The Morgan fingerprint density at radius 1 is 1.40 bits per heavy atom. The van der Waals surface area contributed by atoms with E-state index < -0.39 is 0 Å². The summed E-state index contributed by atoms with van der Waals surface area (Å²) in [5, 5.41) is 0. The Balaban J connectivity index is 2.06. The summed E-state index contributed by atoms with van der Waals surface area (Å²) in [4.78, 5) is 8.98. The summed E-state index contributed by atoms with van der Waals surface area (Å²) in [7, 11) is 2.03. The number of aromatic nitrogens is 2. The van der Waals surface area contributed by atoms with Crippen LogP contribution in [-0.4, -0.2) is 21.8 Å². The van der Waals surface area contributed by atoms with Gasteiger partial charge in [0.1, 0.15) is 0 Å². The predicted octanol–water partition coefficient (Wildman–Crippen LogP) is 2.15. The van der Waals surface area contributed by atoms with Gasteiger partial charge in [-0.15, -0.1) is 0 Å². The molecule has 0 N–H and O–H groups in total. The molecule has 0 bridgehead atoms. The predicted molar refractivity (Wildman–Crippen MR) is 61.3 cm³/mol. The minimum absolute atomic E-state index is 0.560. The van der Waals surface area contributed by atoms with Crippen molar-refractivity contribution in [1.82, 2.24) is 9.55 Å². The second-order valence-corrected chi connectivity index (χ2v) is 4.03. The number of nitrogens with zero attached hydrogens (tertiary/aromatic N) is 3. The maximum atomic E-state index is 4.53. The number of para-hydroxylation sites is 2. The van der Waals surface area contributed by atoms with Crippen LogP contribution in [0.4, 0.5) is 0 Å². The van der Waals surface area contributed by atoms with Crippen LogP contribution in [0.5, 0.6) is 0 Å². The van der Waals surface area contributed by atoms with Gasteiger partial charge in [-0.05, 0) is 25.0 Å². The highest BCUT2D eigenvalue weighted by atomic mass is 15.1. The van der Waals surface area contributed by atoms with Gasteiger partial charge in [0.15, 0.2) is 5.82 Å². The largest absolute Gasteiger partial charge is 0.326 e. The van der Waals surface area contributed by atoms with Crippen LogP contribution in [0.3, 0.4) is 0 Å². The molecule has 0 aliphatic heterocycles. The molecule has 0 radical (unpaired) electrons. The number of benzene rings is 1. The molecule has 0 amide bonds. The normalized spacial score (nSPS) is 16.6. The summed E-state index contributed by atoms with van der Waals surface area (Å²) in [6.45, 7) is 0. The molecule has 3 nitrogen and oxygen atoms in total. The third-order valence-electron chi connectivity index (χ3n) is 2.77. The van der Waals surface area contributed by atoms with E-state index in [1.807, 2.05) is 31.5 Å². The van der Waals surface area contributed by atoms with Gasteiger partial charge in [0.05, 0.1) is 23.3 Å². The van der Waals surface area contributed by atoms with Gasteiger partial charge >= 0.3 is 0 Å². The Hall–Kier alpha value is -1.64. The smallest absolute Gasteiger partial charge is 0.151 e. The lowest BCUT2D eigenvalue weighted by Gasteiger charge is -1.95. The number of hydrogen-bond acceptors (Lipinski definition) is 2. The van der Waals surface area contributed by atoms with E-state index in [1.165, 1.54) is 12.8 Å². The van der Waals surface area contributed by atoms with Crippen LogP contribution in [0.15, 0.2) is 29.3 Å². The summed E-state index contributed by atoms with van der Waals surface area (Å²) in [5.74, 6) is 0.947. The molecule has 1 fully saturated rings. The molecule has 2 aromatic rings. The van der Waals surface area contributed by atoms with Crippen molar-refractivity contribution in [2.24, 2.45) is 12.0 Å². The van der Waals surface area contributed by atoms with Crippen LogP contribution in [0.2, 0.25) is 0 Å². The van der Waals surface area contributed by atoms with Crippen LogP contribution in [0.25, 0.3) is 11.0 Å². The van der Waals surface area contributed by atoms with E-state index in [1.54, 1.807) is 0 Å². The van der Waals surface area contributed by atoms with E-state index in [2.05, 4.69) is 20.6 Å². The first-order valence-electron chi connectivity index (χ1n) is 5.29. The van der Waals surface area contributed by atoms with Gasteiger partial charge in [-0.2, -0.15) is 0 Å². The quantitative estimate of drug-likeness (QED) is 0.682. The van der Waals surface area contributed by atoms with Gasteiger partial charge in [-0.3, -0.25) is 4.99 Å². The summed E-state index contributed by atoms with van der Waals surface area (Å²) in [6, 6.07) is 8.72.